The van der Waals surface area contributed by atoms with Gasteiger partial charge in [-0.05, 0) is 43.0 Å². The summed E-state index contributed by atoms with van der Waals surface area (Å²) in [5.41, 5.74) is 1.83. The van der Waals surface area contributed by atoms with Crippen LogP contribution in [0.1, 0.15) is 54.6 Å². The van der Waals surface area contributed by atoms with E-state index in [-0.39, 0.29) is 22.9 Å². The van der Waals surface area contributed by atoms with Gasteiger partial charge in [0.25, 0.3) is 15.9 Å². The molecule has 182 valence electrons. The summed E-state index contributed by atoms with van der Waals surface area (Å²) in [4.78, 5) is 40.6. The molecule has 2 aromatic carbocycles. The third kappa shape index (κ3) is 5.14. The van der Waals surface area contributed by atoms with E-state index < -0.39 is 34.4 Å². The summed E-state index contributed by atoms with van der Waals surface area (Å²) in [5, 5.41) is 2.87. The van der Waals surface area contributed by atoms with Crippen molar-refractivity contribution in [3.05, 3.63) is 65.2 Å². The molecule has 1 aliphatic rings. The van der Waals surface area contributed by atoms with Crippen molar-refractivity contribution in [1.29, 1.82) is 0 Å². The van der Waals surface area contributed by atoms with Crippen LogP contribution in [0.15, 0.2) is 53.4 Å². The minimum atomic E-state index is -4.14. The standard InChI is InChI=1S/C25H31N3O5S/c1-4-6-15-26-24(30)21(5-2)27(16-19-12-8-7-11-18(19)3)23(29)17-28-25(31)20-13-9-10-14-22(20)34(28,32)33/h7-14,21H,4-6,15-17H2,1-3H3,(H,26,30)/t21-/m1/s1. The molecule has 0 spiro atoms. The van der Waals surface area contributed by atoms with Crippen LogP contribution < -0.4 is 5.32 Å². The Morgan fingerprint density at radius 1 is 1.06 bits per heavy atom. The lowest BCUT2D eigenvalue weighted by Gasteiger charge is -2.32. The Morgan fingerprint density at radius 3 is 2.38 bits per heavy atom. The number of carbonyl (C=O) groups excluding carboxylic acids is 3. The second kappa shape index (κ2) is 10.8. The molecule has 0 saturated heterocycles. The Bertz CT molecular complexity index is 1180. The Morgan fingerprint density at radius 2 is 1.74 bits per heavy atom. The van der Waals surface area contributed by atoms with E-state index in [1.807, 2.05) is 38.1 Å². The SMILES string of the molecule is CCCCNC(=O)[C@@H](CC)N(Cc1ccccc1C)C(=O)CN1C(=O)c2ccccc2S1(=O)=O. The zero-order valence-electron chi connectivity index (χ0n) is 19.8. The zero-order chi connectivity index (χ0) is 24.9. The number of amides is 3. The third-order valence-corrected chi connectivity index (χ3v) is 7.80. The van der Waals surface area contributed by atoms with Crippen molar-refractivity contribution in [2.75, 3.05) is 13.1 Å². The first-order valence-corrected chi connectivity index (χ1v) is 12.9. The number of sulfonamides is 1. The lowest BCUT2D eigenvalue weighted by atomic mass is 10.1. The number of hydrogen-bond acceptors (Lipinski definition) is 5. The first-order valence-electron chi connectivity index (χ1n) is 11.5. The summed E-state index contributed by atoms with van der Waals surface area (Å²) in [6.45, 7) is 5.68. The highest BCUT2D eigenvalue weighted by atomic mass is 32.2. The highest BCUT2D eigenvalue weighted by molar-refractivity contribution is 7.90. The van der Waals surface area contributed by atoms with Crippen molar-refractivity contribution in [3.8, 4) is 0 Å². The number of aryl methyl sites for hydroxylation is 1. The molecule has 3 amide bonds. The number of nitrogens with one attached hydrogen (secondary N) is 1. The second-order valence-electron chi connectivity index (χ2n) is 8.33. The smallest absolute Gasteiger partial charge is 0.269 e. The topological polar surface area (TPSA) is 104 Å². The predicted molar refractivity (Wildman–Crippen MR) is 128 cm³/mol. The largest absolute Gasteiger partial charge is 0.354 e. The van der Waals surface area contributed by atoms with Gasteiger partial charge in [-0.15, -0.1) is 0 Å². The molecule has 3 rings (SSSR count). The zero-order valence-corrected chi connectivity index (χ0v) is 20.6. The number of nitrogens with zero attached hydrogens (tertiary/aromatic N) is 2. The van der Waals surface area contributed by atoms with Crippen molar-refractivity contribution >= 4 is 27.7 Å². The number of hydrogen-bond donors (Lipinski definition) is 1. The molecule has 1 atom stereocenters. The van der Waals surface area contributed by atoms with Crippen LogP contribution in [-0.2, 0) is 26.2 Å². The molecule has 0 fully saturated rings. The average molecular weight is 486 g/mol. The third-order valence-electron chi connectivity index (χ3n) is 6.01. The molecule has 2 aromatic rings. The maximum atomic E-state index is 13.5. The van der Waals surface area contributed by atoms with Gasteiger partial charge in [0.2, 0.25) is 11.8 Å². The lowest BCUT2D eigenvalue weighted by molar-refractivity contribution is -0.141. The summed E-state index contributed by atoms with van der Waals surface area (Å²) in [6, 6.07) is 12.6. The molecule has 34 heavy (non-hydrogen) atoms. The van der Waals surface area contributed by atoms with Crippen molar-refractivity contribution < 1.29 is 22.8 Å². The van der Waals surface area contributed by atoms with Gasteiger partial charge in [0.05, 0.1) is 5.56 Å². The molecular formula is C25H31N3O5S. The van der Waals surface area contributed by atoms with Crippen LogP contribution in [-0.4, -0.2) is 54.5 Å². The van der Waals surface area contributed by atoms with Crippen LogP contribution in [0.3, 0.4) is 0 Å². The molecule has 0 bridgehead atoms. The van der Waals surface area contributed by atoms with E-state index in [0.29, 0.717) is 17.3 Å². The van der Waals surface area contributed by atoms with Gasteiger partial charge in [-0.2, -0.15) is 0 Å². The van der Waals surface area contributed by atoms with Crippen LogP contribution in [0.25, 0.3) is 0 Å². The van der Waals surface area contributed by atoms with Gasteiger partial charge in [0.15, 0.2) is 0 Å². The minimum absolute atomic E-state index is 0.0464. The fourth-order valence-corrected chi connectivity index (χ4v) is 5.52. The van der Waals surface area contributed by atoms with E-state index in [0.717, 1.165) is 24.0 Å². The van der Waals surface area contributed by atoms with E-state index >= 15 is 0 Å². The molecular weight excluding hydrogens is 454 g/mol. The number of unbranched alkanes of at least 4 members (excludes halogenated alkanes) is 1. The summed E-state index contributed by atoms with van der Waals surface area (Å²) >= 11 is 0. The predicted octanol–water partition coefficient (Wildman–Crippen LogP) is 2.86. The number of benzene rings is 2. The van der Waals surface area contributed by atoms with Gasteiger partial charge in [0.1, 0.15) is 17.5 Å². The van der Waals surface area contributed by atoms with Crippen LogP contribution in [0.5, 0.6) is 0 Å². The van der Waals surface area contributed by atoms with Gasteiger partial charge in [-0.3, -0.25) is 14.4 Å². The molecule has 0 unspecified atom stereocenters. The van der Waals surface area contributed by atoms with E-state index in [2.05, 4.69) is 5.32 Å². The maximum Gasteiger partial charge on any atom is 0.269 e. The normalized spacial score (nSPS) is 15.0. The Balaban J connectivity index is 1.91. The van der Waals surface area contributed by atoms with Gasteiger partial charge in [0, 0.05) is 13.1 Å². The summed E-state index contributed by atoms with van der Waals surface area (Å²) in [7, 11) is -4.14. The van der Waals surface area contributed by atoms with Crippen LogP contribution in [0, 0.1) is 6.92 Å². The molecule has 0 radical (unpaired) electrons. The van der Waals surface area contributed by atoms with E-state index in [1.54, 1.807) is 13.0 Å². The molecule has 1 heterocycles. The fraction of sp³-hybridized carbons (Fsp3) is 0.400. The van der Waals surface area contributed by atoms with E-state index in [9.17, 15) is 22.8 Å². The quantitative estimate of drug-likeness (QED) is 0.521. The monoisotopic (exact) mass is 485 g/mol. The highest BCUT2D eigenvalue weighted by Gasteiger charge is 2.43. The van der Waals surface area contributed by atoms with Crippen molar-refractivity contribution in [2.24, 2.45) is 0 Å². The van der Waals surface area contributed by atoms with Gasteiger partial charge in [-0.25, -0.2) is 12.7 Å². The Kier molecular flexibility index (Phi) is 8.09. The highest BCUT2D eigenvalue weighted by Crippen LogP contribution is 2.30. The Labute approximate surface area is 201 Å². The number of carbonyl (C=O) groups is 3. The maximum absolute atomic E-state index is 13.5. The molecule has 0 aromatic heterocycles. The van der Waals surface area contributed by atoms with Crippen LogP contribution >= 0.6 is 0 Å². The molecule has 8 nitrogen and oxygen atoms in total. The molecule has 1 N–H and O–H groups in total. The minimum Gasteiger partial charge on any atom is -0.354 e. The summed E-state index contributed by atoms with van der Waals surface area (Å²) in [6.07, 6.45) is 2.07. The molecule has 0 saturated carbocycles. The van der Waals surface area contributed by atoms with E-state index in [4.69, 9.17) is 0 Å². The average Bonchev–Trinajstić information content (AvgIpc) is 3.01. The molecule has 0 aliphatic carbocycles. The van der Waals surface area contributed by atoms with E-state index in [1.165, 1.54) is 23.1 Å². The molecule has 9 heteroatoms. The first-order chi connectivity index (χ1) is 16.2. The van der Waals surface area contributed by atoms with Crippen molar-refractivity contribution in [3.63, 3.8) is 0 Å². The number of rotatable bonds is 10. The number of fused-ring (bicyclic) bond motifs is 1. The summed E-state index contributed by atoms with van der Waals surface area (Å²) in [5.74, 6) is -1.64. The van der Waals surface area contributed by atoms with Crippen molar-refractivity contribution in [1.82, 2.24) is 14.5 Å². The molecule has 1 aliphatic heterocycles. The second-order valence-corrected chi connectivity index (χ2v) is 10.2. The lowest BCUT2D eigenvalue weighted by Crippen LogP contribution is -2.52. The van der Waals surface area contributed by atoms with Gasteiger partial charge in [-0.1, -0.05) is 56.7 Å². The van der Waals surface area contributed by atoms with Crippen LogP contribution in [0.2, 0.25) is 0 Å². The first kappa shape index (κ1) is 25.4. The van der Waals surface area contributed by atoms with Crippen LogP contribution in [0.4, 0.5) is 0 Å². The Hall–Kier alpha value is -3.20. The summed E-state index contributed by atoms with van der Waals surface area (Å²) < 4.78 is 26.5. The van der Waals surface area contributed by atoms with Gasteiger partial charge >= 0.3 is 0 Å². The van der Waals surface area contributed by atoms with Crippen molar-refractivity contribution in [2.45, 2.75) is 57.5 Å². The van der Waals surface area contributed by atoms with Gasteiger partial charge < -0.3 is 10.2 Å². The fourth-order valence-electron chi connectivity index (χ4n) is 4.00.